The summed E-state index contributed by atoms with van der Waals surface area (Å²) in [4.78, 5) is 42.2. The molecule has 0 saturated carbocycles. The average molecular weight is 388 g/mol. The topological polar surface area (TPSA) is 124 Å². The van der Waals surface area contributed by atoms with Crippen LogP contribution in [0.25, 0.3) is 0 Å². The van der Waals surface area contributed by atoms with Crippen molar-refractivity contribution in [3.05, 3.63) is 22.5 Å². The number of methoxy groups -OCH3 is 1. The minimum Gasteiger partial charge on any atom is -0.449 e. The molecule has 0 aromatic rings. The van der Waals surface area contributed by atoms with Crippen LogP contribution in [0.4, 0.5) is 4.79 Å². The number of ketones is 2. The quantitative estimate of drug-likeness (QED) is 0.487. The molecule has 5 aliphatic rings. The van der Waals surface area contributed by atoms with Gasteiger partial charge in [-0.25, -0.2) is 4.79 Å². The van der Waals surface area contributed by atoms with Crippen LogP contribution in [-0.4, -0.2) is 78.6 Å². The number of nitrogens with two attached hydrogens (primary N) is 1. The second-order valence-electron chi connectivity index (χ2n) is 8.09. The number of piperazine rings is 1. The van der Waals surface area contributed by atoms with Crippen LogP contribution in [-0.2, 0) is 19.1 Å². The van der Waals surface area contributed by atoms with Crippen LogP contribution in [0.15, 0.2) is 22.5 Å². The standard InChI is InChI=1S/C19H24N4O5/c1-9-13(22-5-3-4-6-22)16(25)12-10(8-28-18(20)26)19(27-2)17-11(21-17)7-23(19)14(12)15(9)24/h10-11,17,21H,3-8H2,1-2H3,(H2,20,26)/t10-,11+,17+,19-/m1/s1. The normalized spacial score (nSPS) is 36.1. The average Bonchev–Trinajstić information content (AvgIpc) is 3.04. The maximum absolute atomic E-state index is 13.6. The molecule has 3 N–H and O–H groups in total. The molecule has 4 aliphatic heterocycles. The number of likely N-dealkylation sites (tertiary alicyclic amines) is 1. The highest BCUT2D eigenvalue weighted by atomic mass is 16.6. The summed E-state index contributed by atoms with van der Waals surface area (Å²) in [6.45, 7) is 3.74. The van der Waals surface area contributed by atoms with Crippen LogP contribution >= 0.6 is 0 Å². The van der Waals surface area contributed by atoms with Gasteiger partial charge in [0.1, 0.15) is 6.61 Å². The molecular formula is C19H24N4O5. The van der Waals surface area contributed by atoms with Crippen LogP contribution in [0.3, 0.4) is 0 Å². The largest absolute Gasteiger partial charge is 0.449 e. The van der Waals surface area contributed by atoms with E-state index in [0.717, 1.165) is 25.9 Å². The van der Waals surface area contributed by atoms with Crippen molar-refractivity contribution in [3.63, 3.8) is 0 Å². The Bertz CT molecular complexity index is 858. The number of carbonyl (C=O) groups is 3. The summed E-state index contributed by atoms with van der Waals surface area (Å²) in [5.41, 5.74) is 6.05. The molecule has 0 unspecified atom stereocenters. The van der Waals surface area contributed by atoms with Crippen molar-refractivity contribution >= 4 is 17.7 Å². The number of amides is 1. The van der Waals surface area contributed by atoms with Gasteiger partial charge in [-0.3, -0.25) is 9.59 Å². The van der Waals surface area contributed by atoms with Gasteiger partial charge < -0.3 is 30.3 Å². The van der Waals surface area contributed by atoms with Crippen molar-refractivity contribution in [3.8, 4) is 0 Å². The van der Waals surface area contributed by atoms with Crippen LogP contribution in [0.2, 0.25) is 0 Å². The molecule has 1 amide bonds. The molecule has 0 radical (unpaired) electrons. The third kappa shape index (κ3) is 2.06. The molecule has 3 fully saturated rings. The first kappa shape index (κ1) is 17.7. The van der Waals surface area contributed by atoms with Crippen LogP contribution in [0, 0.1) is 5.92 Å². The van der Waals surface area contributed by atoms with Gasteiger partial charge in [-0.05, 0) is 19.8 Å². The lowest BCUT2D eigenvalue weighted by molar-refractivity contribution is -0.137. The Balaban J connectivity index is 1.61. The molecule has 150 valence electrons. The highest BCUT2D eigenvalue weighted by Crippen LogP contribution is 2.56. The number of nitrogens with one attached hydrogen (secondary N) is 1. The van der Waals surface area contributed by atoms with E-state index < -0.39 is 17.7 Å². The zero-order chi connectivity index (χ0) is 19.8. The van der Waals surface area contributed by atoms with Gasteiger partial charge >= 0.3 is 6.09 Å². The third-order valence-corrected chi connectivity index (χ3v) is 6.82. The van der Waals surface area contributed by atoms with Gasteiger partial charge in [0.15, 0.2) is 5.72 Å². The Morgan fingerprint density at radius 1 is 1.25 bits per heavy atom. The summed E-state index contributed by atoms with van der Waals surface area (Å²) in [6.07, 6.45) is 1.09. The number of hydrogen-bond donors (Lipinski definition) is 2. The number of rotatable bonds is 4. The number of ether oxygens (including phenoxy) is 2. The molecule has 4 heterocycles. The summed E-state index contributed by atoms with van der Waals surface area (Å²) in [5.74, 6) is -0.872. The molecule has 28 heavy (non-hydrogen) atoms. The third-order valence-electron chi connectivity index (χ3n) is 6.82. The first-order chi connectivity index (χ1) is 13.4. The number of primary amides is 1. The second-order valence-corrected chi connectivity index (χ2v) is 8.09. The van der Waals surface area contributed by atoms with Crippen LogP contribution in [0.1, 0.15) is 19.8 Å². The first-order valence-electron chi connectivity index (χ1n) is 9.72. The lowest BCUT2D eigenvalue weighted by Gasteiger charge is -2.39. The summed E-state index contributed by atoms with van der Waals surface area (Å²) in [7, 11) is 1.57. The summed E-state index contributed by atoms with van der Waals surface area (Å²) in [5, 5.41) is 3.35. The van der Waals surface area contributed by atoms with E-state index in [1.807, 2.05) is 9.80 Å². The summed E-state index contributed by atoms with van der Waals surface area (Å²) < 4.78 is 11.1. The predicted molar refractivity (Wildman–Crippen MR) is 96.7 cm³/mol. The predicted octanol–water partition coefficient (Wildman–Crippen LogP) is -0.514. The SMILES string of the molecule is CO[C@@]12[C@H](COC(N)=O)C3=C(C(=O)C(C)=C(N4CCCC4)C3=O)N1C[C@@H]1N[C@@H]12. The minimum atomic E-state index is -0.920. The molecule has 4 atom stereocenters. The molecule has 3 saturated heterocycles. The number of hydrogen-bond acceptors (Lipinski definition) is 8. The van der Waals surface area contributed by atoms with Gasteiger partial charge in [-0.1, -0.05) is 0 Å². The fourth-order valence-corrected chi connectivity index (χ4v) is 5.60. The van der Waals surface area contributed by atoms with E-state index in [4.69, 9.17) is 15.2 Å². The van der Waals surface area contributed by atoms with E-state index in [0.29, 0.717) is 29.1 Å². The van der Waals surface area contributed by atoms with E-state index >= 15 is 0 Å². The fourth-order valence-electron chi connectivity index (χ4n) is 5.60. The molecule has 0 spiro atoms. The van der Waals surface area contributed by atoms with Crippen molar-refractivity contribution in [1.82, 2.24) is 15.1 Å². The first-order valence-corrected chi connectivity index (χ1v) is 9.72. The Morgan fingerprint density at radius 3 is 2.61 bits per heavy atom. The van der Waals surface area contributed by atoms with Crippen molar-refractivity contribution < 1.29 is 23.9 Å². The van der Waals surface area contributed by atoms with Crippen LogP contribution < -0.4 is 11.1 Å². The van der Waals surface area contributed by atoms with Gasteiger partial charge in [0.05, 0.1) is 23.4 Å². The zero-order valence-electron chi connectivity index (χ0n) is 16.0. The molecule has 9 nitrogen and oxygen atoms in total. The molecule has 0 aromatic heterocycles. The number of carbonyl (C=O) groups excluding carboxylic acids is 3. The van der Waals surface area contributed by atoms with Crippen molar-refractivity contribution in [2.24, 2.45) is 11.7 Å². The Hall–Kier alpha value is -2.39. The number of allylic oxidation sites excluding steroid dienone is 2. The Labute approximate surface area is 162 Å². The molecule has 0 bridgehead atoms. The lowest BCUT2D eigenvalue weighted by Crippen LogP contribution is -2.55. The maximum atomic E-state index is 13.6. The molecule has 9 heteroatoms. The monoisotopic (exact) mass is 388 g/mol. The van der Waals surface area contributed by atoms with Gasteiger partial charge in [-0.2, -0.15) is 0 Å². The summed E-state index contributed by atoms with van der Waals surface area (Å²) in [6, 6.07) is 0.165. The lowest BCUT2D eigenvalue weighted by atomic mass is 9.82. The van der Waals surface area contributed by atoms with Crippen molar-refractivity contribution in [2.45, 2.75) is 37.6 Å². The van der Waals surface area contributed by atoms with E-state index in [1.54, 1.807) is 14.0 Å². The highest BCUT2D eigenvalue weighted by molar-refractivity contribution is 6.25. The molecule has 1 aliphatic carbocycles. The summed E-state index contributed by atoms with van der Waals surface area (Å²) >= 11 is 0. The van der Waals surface area contributed by atoms with E-state index in [2.05, 4.69) is 5.32 Å². The minimum absolute atomic E-state index is 0.0271. The highest BCUT2D eigenvalue weighted by Gasteiger charge is 2.72. The number of fused-ring (bicyclic) bond motifs is 4. The molecular weight excluding hydrogens is 364 g/mol. The van der Waals surface area contributed by atoms with Gasteiger partial charge in [0.25, 0.3) is 0 Å². The van der Waals surface area contributed by atoms with Gasteiger partial charge in [0, 0.05) is 43.9 Å². The number of nitrogens with zero attached hydrogens (tertiary/aromatic N) is 2. The Morgan fingerprint density at radius 2 is 1.96 bits per heavy atom. The molecule has 5 rings (SSSR count). The van der Waals surface area contributed by atoms with Crippen LogP contribution in [0.5, 0.6) is 0 Å². The van der Waals surface area contributed by atoms with Gasteiger partial charge in [0.2, 0.25) is 11.6 Å². The second kappa shape index (κ2) is 5.81. The fraction of sp³-hybridized carbons (Fsp3) is 0.632. The zero-order valence-corrected chi connectivity index (χ0v) is 16.0. The molecule has 0 aromatic carbocycles. The van der Waals surface area contributed by atoms with Crippen molar-refractivity contribution in [2.75, 3.05) is 33.4 Å². The van der Waals surface area contributed by atoms with E-state index in [1.165, 1.54) is 0 Å². The number of Topliss-reactive ketones (excluding diaryl/α,β-unsaturated/α-hetero) is 2. The Kier molecular flexibility index (Phi) is 3.67. The van der Waals surface area contributed by atoms with E-state index in [-0.39, 0.29) is 30.3 Å². The van der Waals surface area contributed by atoms with Gasteiger partial charge in [-0.15, -0.1) is 0 Å². The maximum Gasteiger partial charge on any atom is 0.404 e. The van der Waals surface area contributed by atoms with Crippen molar-refractivity contribution in [1.29, 1.82) is 0 Å². The van der Waals surface area contributed by atoms with E-state index in [9.17, 15) is 14.4 Å². The smallest absolute Gasteiger partial charge is 0.404 e.